The fraction of sp³-hybridized carbons (Fsp3) is 0.167. The third-order valence-electron chi connectivity index (χ3n) is 4.34. The molecule has 30 heavy (non-hydrogen) atoms. The van der Waals surface area contributed by atoms with E-state index < -0.39 is 17.9 Å². The van der Waals surface area contributed by atoms with Crippen molar-refractivity contribution in [3.8, 4) is 22.6 Å². The average molecular weight is 404 g/mol. The third-order valence-corrected chi connectivity index (χ3v) is 4.34. The lowest BCUT2D eigenvalue weighted by molar-refractivity contribution is -0.134. The van der Waals surface area contributed by atoms with Crippen LogP contribution in [-0.4, -0.2) is 24.5 Å². The van der Waals surface area contributed by atoms with Crippen LogP contribution in [0.1, 0.15) is 13.3 Å². The van der Waals surface area contributed by atoms with Gasteiger partial charge in [-0.05, 0) is 41.8 Å². The van der Waals surface area contributed by atoms with Gasteiger partial charge in [-0.15, -0.1) is 0 Å². The van der Waals surface area contributed by atoms with Crippen molar-refractivity contribution in [3.05, 3.63) is 84.9 Å². The zero-order chi connectivity index (χ0) is 21.2. The predicted octanol–water partition coefficient (Wildman–Crippen LogP) is 3.74. The maximum Gasteiger partial charge on any atom is 0.279 e. The van der Waals surface area contributed by atoms with Gasteiger partial charge in [-0.25, -0.2) is 0 Å². The molecule has 0 aromatic heterocycles. The van der Waals surface area contributed by atoms with Gasteiger partial charge in [0.1, 0.15) is 11.5 Å². The molecule has 0 aliphatic carbocycles. The van der Waals surface area contributed by atoms with E-state index in [1.807, 2.05) is 79.7 Å². The van der Waals surface area contributed by atoms with Crippen molar-refractivity contribution in [1.82, 2.24) is 10.9 Å². The lowest BCUT2D eigenvalue weighted by Gasteiger charge is -2.18. The summed E-state index contributed by atoms with van der Waals surface area (Å²) in [5.41, 5.74) is 6.89. The second-order valence-corrected chi connectivity index (χ2v) is 6.54. The van der Waals surface area contributed by atoms with E-state index in [1.54, 1.807) is 12.1 Å². The first-order chi connectivity index (χ1) is 14.7. The smallest absolute Gasteiger partial charge is 0.279 e. The molecule has 0 radical (unpaired) electrons. The summed E-state index contributed by atoms with van der Waals surface area (Å²) in [6.07, 6.45) is -0.286. The van der Waals surface area contributed by atoms with Gasteiger partial charge in [0.2, 0.25) is 0 Å². The Kier molecular flexibility index (Phi) is 7.44. The second-order valence-electron chi connectivity index (χ2n) is 6.54. The van der Waals surface area contributed by atoms with Crippen LogP contribution in [0, 0.1) is 0 Å². The SMILES string of the molecule is CCC(Oc1ccc(-c2ccccc2)cc1)C(=O)NNC(=O)COc1ccccc1. The number of benzene rings is 3. The molecule has 1 atom stereocenters. The fourth-order valence-corrected chi connectivity index (χ4v) is 2.76. The van der Waals surface area contributed by atoms with Crippen LogP contribution in [0.5, 0.6) is 11.5 Å². The van der Waals surface area contributed by atoms with Gasteiger partial charge < -0.3 is 9.47 Å². The molecular weight excluding hydrogens is 380 g/mol. The van der Waals surface area contributed by atoms with E-state index in [2.05, 4.69) is 10.9 Å². The summed E-state index contributed by atoms with van der Waals surface area (Å²) in [6.45, 7) is 1.63. The molecule has 6 heteroatoms. The summed E-state index contributed by atoms with van der Waals surface area (Å²) in [5.74, 6) is 0.259. The number of nitrogens with one attached hydrogen (secondary N) is 2. The fourth-order valence-electron chi connectivity index (χ4n) is 2.76. The van der Waals surface area contributed by atoms with Crippen LogP contribution in [0.15, 0.2) is 84.9 Å². The summed E-state index contributed by atoms with van der Waals surface area (Å²) in [4.78, 5) is 24.2. The van der Waals surface area contributed by atoms with E-state index in [0.717, 1.165) is 11.1 Å². The van der Waals surface area contributed by atoms with Crippen LogP contribution in [0.3, 0.4) is 0 Å². The van der Waals surface area contributed by atoms with Gasteiger partial charge in [-0.2, -0.15) is 0 Å². The van der Waals surface area contributed by atoms with Crippen LogP contribution in [0.25, 0.3) is 11.1 Å². The van der Waals surface area contributed by atoms with Gasteiger partial charge in [-0.1, -0.05) is 67.6 Å². The monoisotopic (exact) mass is 404 g/mol. The highest BCUT2D eigenvalue weighted by atomic mass is 16.5. The molecule has 2 amide bonds. The van der Waals surface area contributed by atoms with Gasteiger partial charge in [0, 0.05) is 0 Å². The lowest BCUT2D eigenvalue weighted by atomic mass is 10.1. The number of hydrazine groups is 1. The van der Waals surface area contributed by atoms with E-state index in [4.69, 9.17) is 9.47 Å². The average Bonchev–Trinajstić information content (AvgIpc) is 2.81. The van der Waals surface area contributed by atoms with Crippen LogP contribution < -0.4 is 20.3 Å². The zero-order valence-electron chi connectivity index (χ0n) is 16.7. The molecule has 0 bridgehead atoms. The van der Waals surface area contributed by atoms with Crippen LogP contribution in [-0.2, 0) is 9.59 Å². The number of carbonyl (C=O) groups is 2. The zero-order valence-corrected chi connectivity index (χ0v) is 16.7. The van der Waals surface area contributed by atoms with E-state index in [1.165, 1.54) is 0 Å². The van der Waals surface area contributed by atoms with Crippen LogP contribution in [0.2, 0.25) is 0 Å². The van der Waals surface area contributed by atoms with Crippen molar-refractivity contribution in [1.29, 1.82) is 0 Å². The lowest BCUT2D eigenvalue weighted by Crippen LogP contribution is -2.49. The van der Waals surface area contributed by atoms with Crippen molar-refractivity contribution < 1.29 is 19.1 Å². The largest absolute Gasteiger partial charge is 0.484 e. The number of ether oxygens (including phenoxy) is 2. The highest BCUT2D eigenvalue weighted by molar-refractivity contribution is 5.85. The minimum absolute atomic E-state index is 0.205. The van der Waals surface area contributed by atoms with Crippen molar-refractivity contribution in [2.24, 2.45) is 0 Å². The molecule has 0 saturated heterocycles. The molecule has 0 aliphatic rings. The summed E-state index contributed by atoms with van der Waals surface area (Å²) in [6, 6.07) is 26.5. The maximum atomic E-state index is 12.4. The first-order valence-electron chi connectivity index (χ1n) is 9.74. The van der Waals surface area contributed by atoms with Gasteiger partial charge in [0.15, 0.2) is 12.7 Å². The number of amides is 2. The molecule has 0 heterocycles. The van der Waals surface area contributed by atoms with E-state index in [0.29, 0.717) is 17.9 Å². The summed E-state index contributed by atoms with van der Waals surface area (Å²) < 4.78 is 11.1. The minimum atomic E-state index is -0.733. The Hall–Kier alpha value is -3.80. The maximum absolute atomic E-state index is 12.4. The first kappa shape index (κ1) is 20.9. The Bertz CT molecular complexity index is 944. The molecule has 0 saturated carbocycles. The molecule has 1 unspecified atom stereocenters. The van der Waals surface area contributed by atoms with E-state index in [-0.39, 0.29) is 6.61 Å². The molecule has 0 fully saturated rings. The van der Waals surface area contributed by atoms with Gasteiger partial charge >= 0.3 is 0 Å². The van der Waals surface area contributed by atoms with Crippen molar-refractivity contribution in [2.75, 3.05) is 6.61 Å². The Morgan fingerprint density at radius 3 is 2.00 bits per heavy atom. The summed E-state index contributed by atoms with van der Waals surface area (Å²) in [7, 11) is 0. The molecule has 3 aromatic rings. The van der Waals surface area contributed by atoms with Crippen LogP contribution >= 0.6 is 0 Å². The van der Waals surface area contributed by atoms with E-state index >= 15 is 0 Å². The summed E-state index contributed by atoms with van der Waals surface area (Å²) in [5, 5.41) is 0. The molecule has 2 N–H and O–H groups in total. The number of hydrogen-bond donors (Lipinski definition) is 2. The quantitative estimate of drug-likeness (QED) is 0.561. The molecule has 154 valence electrons. The van der Waals surface area contributed by atoms with Gasteiger partial charge in [0.25, 0.3) is 11.8 Å². The second kappa shape index (κ2) is 10.7. The van der Waals surface area contributed by atoms with Crippen molar-refractivity contribution in [3.63, 3.8) is 0 Å². The first-order valence-corrected chi connectivity index (χ1v) is 9.74. The Morgan fingerprint density at radius 2 is 1.37 bits per heavy atom. The predicted molar refractivity (Wildman–Crippen MR) is 115 cm³/mol. The topological polar surface area (TPSA) is 76.7 Å². The van der Waals surface area contributed by atoms with Gasteiger partial charge in [-0.3, -0.25) is 20.4 Å². The molecule has 3 rings (SSSR count). The molecule has 0 spiro atoms. The molecule has 3 aromatic carbocycles. The minimum Gasteiger partial charge on any atom is -0.484 e. The third kappa shape index (κ3) is 6.10. The Labute approximate surface area is 175 Å². The molecular formula is C24H24N2O4. The van der Waals surface area contributed by atoms with Gasteiger partial charge in [0.05, 0.1) is 0 Å². The van der Waals surface area contributed by atoms with Crippen molar-refractivity contribution in [2.45, 2.75) is 19.4 Å². The molecule has 0 aliphatic heterocycles. The Balaban J connectivity index is 1.48. The van der Waals surface area contributed by atoms with Crippen LogP contribution in [0.4, 0.5) is 0 Å². The summed E-state index contributed by atoms with van der Waals surface area (Å²) >= 11 is 0. The van der Waals surface area contributed by atoms with E-state index in [9.17, 15) is 9.59 Å². The number of hydrogen-bond acceptors (Lipinski definition) is 4. The number of para-hydroxylation sites is 1. The Morgan fingerprint density at radius 1 is 0.767 bits per heavy atom. The molecule has 6 nitrogen and oxygen atoms in total. The van der Waals surface area contributed by atoms with Crippen molar-refractivity contribution >= 4 is 11.8 Å². The highest BCUT2D eigenvalue weighted by Gasteiger charge is 2.19. The normalized spacial score (nSPS) is 11.2. The highest BCUT2D eigenvalue weighted by Crippen LogP contribution is 2.23. The number of rotatable bonds is 8. The number of carbonyl (C=O) groups excluding carboxylic acids is 2. The standard InChI is InChI=1S/C24H24N2O4/c1-2-22(24(28)26-25-23(27)17-29-20-11-7-4-8-12-20)30-21-15-13-19(14-16-21)18-9-5-3-6-10-18/h3-16,22H,2,17H2,1H3,(H,25,27)(H,26,28).